The summed E-state index contributed by atoms with van der Waals surface area (Å²) >= 11 is 0. The third kappa shape index (κ3) is 14.5. The molecule has 2 N–H and O–H groups in total. The molecule has 1 atom stereocenters. The Morgan fingerprint density at radius 1 is 1.00 bits per heavy atom. The van der Waals surface area contributed by atoms with E-state index in [9.17, 15) is 4.57 Å². The van der Waals surface area contributed by atoms with Crippen molar-refractivity contribution < 1.29 is 23.4 Å². The summed E-state index contributed by atoms with van der Waals surface area (Å²) in [5.41, 5.74) is 0. The lowest BCUT2D eigenvalue weighted by molar-refractivity contribution is -0.873. The largest absolute Gasteiger partial charge is 0.470 e. The number of hydrogen-bond acceptors (Lipinski definition) is 2. The van der Waals surface area contributed by atoms with Gasteiger partial charge >= 0.3 is 7.82 Å². The van der Waals surface area contributed by atoms with E-state index in [1.807, 2.05) is 21.1 Å². The first-order valence-corrected chi connectivity index (χ1v) is 9.21. The molecule has 0 heterocycles. The maximum Gasteiger partial charge on any atom is 0.470 e. The predicted molar refractivity (Wildman–Crippen MR) is 82.4 cm³/mol. The number of unbranched alkanes of at least 4 members (excludes halogenated alkanes) is 6. The van der Waals surface area contributed by atoms with Crippen molar-refractivity contribution in [2.45, 2.75) is 64.4 Å². The Morgan fingerprint density at radius 3 is 1.95 bits per heavy atom. The van der Waals surface area contributed by atoms with E-state index in [1.165, 1.54) is 32.1 Å². The van der Waals surface area contributed by atoms with Crippen molar-refractivity contribution in [1.29, 1.82) is 0 Å². The molecule has 1 unspecified atom stereocenters. The Morgan fingerprint density at radius 2 is 1.50 bits per heavy atom. The zero-order valence-corrected chi connectivity index (χ0v) is 14.4. The minimum atomic E-state index is -4.39. The molecule has 0 saturated carbocycles. The quantitative estimate of drug-likeness (QED) is 0.330. The molecule has 0 aliphatic carbocycles. The van der Waals surface area contributed by atoms with E-state index in [0.29, 0.717) is 17.4 Å². The van der Waals surface area contributed by atoms with Crippen LogP contribution >= 0.6 is 7.82 Å². The van der Waals surface area contributed by atoms with Crippen molar-refractivity contribution in [2.75, 3.05) is 27.7 Å². The second-order valence-electron chi connectivity index (χ2n) is 6.60. The number of likely N-dealkylation sites (N-methyl/N-ethyl adjacent to an activating group) is 1. The van der Waals surface area contributed by atoms with E-state index in [4.69, 9.17) is 14.3 Å². The van der Waals surface area contributed by atoms with E-state index >= 15 is 0 Å². The predicted octanol–water partition coefficient (Wildman–Crippen LogP) is 3.31. The highest BCUT2D eigenvalue weighted by Crippen LogP contribution is 2.38. The third-order valence-corrected chi connectivity index (χ3v) is 3.74. The van der Waals surface area contributed by atoms with Crippen molar-refractivity contribution in [3.05, 3.63) is 0 Å². The molecule has 20 heavy (non-hydrogen) atoms. The Bertz CT molecular complexity index is 285. The van der Waals surface area contributed by atoms with Gasteiger partial charge in [0, 0.05) is 0 Å². The van der Waals surface area contributed by atoms with Gasteiger partial charge in [0.25, 0.3) is 0 Å². The van der Waals surface area contributed by atoms with Crippen LogP contribution in [0, 0.1) is 0 Å². The van der Waals surface area contributed by atoms with E-state index in [2.05, 4.69) is 6.92 Å². The first-order valence-electron chi connectivity index (χ1n) is 7.68. The molecule has 0 aromatic rings. The highest BCUT2D eigenvalue weighted by Gasteiger charge is 2.26. The van der Waals surface area contributed by atoms with Gasteiger partial charge in [-0.1, -0.05) is 51.9 Å². The fourth-order valence-corrected chi connectivity index (χ4v) is 2.87. The number of rotatable bonds is 12. The number of quaternary nitrogens is 1. The summed E-state index contributed by atoms with van der Waals surface area (Å²) < 4.78 is 16.5. The lowest BCUT2D eigenvalue weighted by Crippen LogP contribution is -2.42. The number of phosphoric ester groups is 1. The van der Waals surface area contributed by atoms with E-state index < -0.39 is 7.82 Å². The third-order valence-electron chi connectivity index (χ3n) is 3.17. The Balaban J connectivity index is 3.95. The second kappa shape index (κ2) is 9.91. The molecule has 0 radical (unpaired) electrons. The zero-order valence-electron chi connectivity index (χ0n) is 13.5. The summed E-state index contributed by atoms with van der Waals surface area (Å²) in [5, 5.41) is 0. The topological polar surface area (TPSA) is 66.8 Å². The highest BCUT2D eigenvalue weighted by molar-refractivity contribution is 7.46. The molecule has 0 bridgehead atoms. The van der Waals surface area contributed by atoms with Gasteiger partial charge in [0.05, 0.1) is 21.1 Å². The molecule has 6 heteroatoms. The minimum Gasteiger partial charge on any atom is -0.329 e. The van der Waals surface area contributed by atoms with Crippen molar-refractivity contribution in [3.8, 4) is 0 Å². The normalized spacial score (nSPS) is 14.5. The number of phosphoric acid groups is 1. The van der Waals surface area contributed by atoms with E-state index in [1.54, 1.807) is 0 Å². The molecule has 0 saturated heterocycles. The van der Waals surface area contributed by atoms with Gasteiger partial charge in [-0.15, -0.1) is 0 Å². The maximum absolute atomic E-state index is 11.0. The first kappa shape index (κ1) is 20.1. The van der Waals surface area contributed by atoms with Crippen LogP contribution in [-0.4, -0.2) is 48.1 Å². The molecular weight excluding hydrogens is 277 g/mol. The standard InChI is InChI=1S/C14H32NO4P/c1-5-6-7-8-9-10-11-12-14(13-15(2,3)4)19-20(16,17)18/h14H,5-13H2,1-4H3,(H-,16,17,18)/p+1. The van der Waals surface area contributed by atoms with Crippen molar-refractivity contribution in [1.82, 2.24) is 0 Å². The van der Waals surface area contributed by atoms with Gasteiger partial charge in [0.2, 0.25) is 0 Å². The van der Waals surface area contributed by atoms with Crippen LogP contribution in [0.4, 0.5) is 0 Å². The second-order valence-corrected chi connectivity index (χ2v) is 7.79. The summed E-state index contributed by atoms with van der Waals surface area (Å²) in [4.78, 5) is 17.9. The monoisotopic (exact) mass is 310 g/mol. The zero-order chi connectivity index (χ0) is 15.6. The van der Waals surface area contributed by atoms with Crippen LogP contribution < -0.4 is 0 Å². The molecule has 0 rings (SSSR count). The smallest absolute Gasteiger partial charge is 0.329 e. The Labute approximate surface area is 124 Å². The van der Waals surface area contributed by atoms with Crippen LogP contribution in [-0.2, 0) is 9.09 Å². The van der Waals surface area contributed by atoms with Crippen LogP contribution in [0.15, 0.2) is 0 Å². The van der Waals surface area contributed by atoms with E-state index in [0.717, 1.165) is 12.8 Å². The van der Waals surface area contributed by atoms with Gasteiger partial charge in [-0.3, -0.25) is 4.52 Å². The van der Waals surface area contributed by atoms with Crippen molar-refractivity contribution in [2.24, 2.45) is 0 Å². The van der Waals surface area contributed by atoms with Gasteiger partial charge in [-0.2, -0.15) is 0 Å². The molecule has 0 aliphatic heterocycles. The fraction of sp³-hybridized carbons (Fsp3) is 1.00. The Kier molecular flexibility index (Phi) is 9.94. The van der Waals surface area contributed by atoms with Gasteiger partial charge in [-0.05, 0) is 6.42 Å². The molecule has 122 valence electrons. The summed E-state index contributed by atoms with van der Waals surface area (Å²) in [6.07, 6.45) is 8.73. The van der Waals surface area contributed by atoms with Gasteiger partial charge < -0.3 is 14.3 Å². The lowest BCUT2D eigenvalue weighted by atomic mass is 10.1. The average molecular weight is 310 g/mol. The van der Waals surface area contributed by atoms with Crippen LogP contribution in [0.25, 0.3) is 0 Å². The van der Waals surface area contributed by atoms with Crippen LogP contribution in [0.3, 0.4) is 0 Å². The molecule has 0 fully saturated rings. The highest BCUT2D eigenvalue weighted by atomic mass is 31.2. The van der Waals surface area contributed by atoms with Crippen molar-refractivity contribution >= 4 is 7.82 Å². The van der Waals surface area contributed by atoms with Crippen LogP contribution in [0.1, 0.15) is 58.3 Å². The van der Waals surface area contributed by atoms with Gasteiger partial charge in [-0.25, -0.2) is 4.57 Å². The molecule has 0 spiro atoms. The Hall–Kier alpha value is 0.0700. The van der Waals surface area contributed by atoms with E-state index in [-0.39, 0.29) is 6.10 Å². The maximum atomic E-state index is 11.0. The average Bonchev–Trinajstić information content (AvgIpc) is 2.23. The molecule has 0 amide bonds. The summed E-state index contributed by atoms with van der Waals surface area (Å²) in [6.45, 7) is 2.82. The minimum absolute atomic E-state index is 0.369. The summed E-state index contributed by atoms with van der Waals surface area (Å²) in [7, 11) is 1.61. The van der Waals surface area contributed by atoms with Crippen LogP contribution in [0.5, 0.6) is 0 Å². The summed E-state index contributed by atoms with van der Waals surface area (Å²) in [5.74, 6) is 0. The summed E-state index contributed by atoms with van der Waals surface area (Å²) in [6, 6.07) is 0. The van der Waals surface area contributed by atoms with Crippen LogP contribution in [0.2, 0.25) is 0 Å². The molecule has 5 nitrogen and oxygen atoms in total. The molecule has 0 aromatic heterocycles. The van der Waals surface area contributed by atoms with Gasteiger partial charge in [0.1, 0.15) is 12.6 Å². The number of hydrogen-bond donors (Lipinski definition) is 2. The molecule has 0 aromatic carbocycles. The fourth-order valence-electron chi connectivity index (χ4n) is 2.31. The lowest BCUT2D eigenvalue weighted by Gasteiger charge is -2.29. The molecule has 0 aliphatic rings. The molecular formula is C14H33NO4P+. The number of nitrogens with zero attached hydrogens (tertiary/aromatic N) is 1. The SMILES string of the molecule is CCCCCCCCCC(C[N+](C)(C)C)OP(=O)(O)O. The first-order chi connectivity index (χ1) is 9.14. The van der Waals surface area contributed by atoms with Gasteiger partial charge in [0.15, 0.2) is 0 Å². The van der Waals surface area contributed by atoms with Crippen molar-refractivity contribution in [3.63, 3.8) is 0 Å².